The maximum absolute atomic E-state index is 1.86. The van der Waals surface area contributed by atoms with Crippen LogP contribution in [0.4, 0.5) is 0 Å². The lowest BCUT2D eigenvalue weighted by Crippen LogP contribution is -1.90. The Kier molecular flexibility index (Phi) is 3.46. The van der Waals surface area contributed by atoms with Crippen LogP contribution in [0.1, 0.15) is 70.6 Å². The summed E-state index contributed by atoms with van der Waals surface area (Å²) < 4.78 is 0. The summed E-state index contributed by atoms with van der Waals surface area (Å²) in [4.78, 5) is 0. The highest BCUT2D eigenvalue weighted by atomic mass is 14.2. The summed E-state index contributed by atoms with van der Waals surface area (Å²) in [6, 6.07) is 0. The molecule has 0 bridgehead atoms. The quantitative estimate of drug-likeness (QED) is 0.475. The third-order valence-corrected chi connectivity index (χ3v) is 3.66. The Morgan fingerprint density at radius 3 is 1.31 bits per heavy atom. The summed E-state index contributed by atoms with van der Waals surface area (Å²) in [6.07, 6.45) is 16.1. The SMILES string of the molecule is C1CCCCC2=C(CCC1)CCC2. The summed E-state index contributed by atoms with van der Waals surface area (Å²) in [5, 5.41) is 0. The predicted octanol–water partition coefficient (Wildman–Crippen LogP) is 4.60. The number of rotatable bonds is 0. The van der Waals surface area contributed by atoms with Gasteiger partial charge in [-0.15, -0.1) is 0 Å². The third kappa shape index (κ3) is 2.59. The molecular weight excluding hydrogens is 156 g/mol. The lowest BCUT2D eigenvalue weighted by molar-refractivity contribution is 0.578. The molecule has 0 fully saturated rings. The lowest BCUT2D eigenvalue weighted by atomic mass is 9.96. The molecule has 0 aromatic carbocycles. The highest BCUT2D eigenvalue weighted by Crippen LogP contribution is 2.33. The van der Waals surface area contributed by atoms with Gasteiger partial charge in [0.15, 0.2) is 0 Å². The van der Waals surface area contributed by atoms with Crippen LogP contribution in [-0.2, 0) is 0 Å². The fourth-order valence-corrected chi connectivity index (χ4v) is 2.86. The normalized spacial score (nSPS) is 25.8. The van der Waals surface area contributed by atoms with Crippen molar-refractivity contribution in [1.29, 1.82) is 0 Å². The van der Waals surface area contributed by atoms with Crippen LogP contribution in [0.3, 0.4) is 0 Å². The second kappa shape index (κ2) is 4.83. The first-order valence-electron chi connectivity index (χ1n) is 6.16. The Balaban J connectivity index is 1.94. The molecule has 0 aliphatic heterocycles. The zero-order chi connectivity index (χ0) is 8.93. The van der Waals surface area contributed by atoms with E-state index < -0.39 is 0 Å². The molecule has 2 aliphatic rings. The van der Waals surface area contributed by atoms with Gasteiger partial charge in [-0.1, -0.05) is 36.8 Å². The van der Waals surface area contributed by atoms with Gasteiger partial charge in [-0.3, -0.25) is 0 Å². The predicted molar refractivity (Wildman–Crippen MR) is 57.8 cm³/mol. The Morgan fingerprint density at radius 2 is 0.769 bits per heavy atom. The van der Waals surface area contributed by atoms with Gasteiger partial charge in [0.25, 0.3) is 0 Å². The van der Waals surface area contributed by atoms with Gasteiger partial charge < -0.3 is 0 Å². The van der Waals surface area contributed by atoms with Crippen molar-refractivity contribution in [3.63, 3.8) is 0 Å². The van der Waals surface area contributed by atoms with E-state index >= 15 is 0 Å². The van der Waals surface area contributed by atoms with Crippen molar-refractivity contribution in [1.82, 2.24) is 0 Å². The van der Waals surface area contributed by atoms with Crippen LogP contribution in [0, 0.1) is 0 Å². The second-order valence-corrected chi connectivity index (χ2v) is 4.68. The first-order chi connectivity index (χ1) is 6.47. The van der Waals surface area contributed by atoms with Crippen molar-refractivity contribution in [3.05, 3.63) is 11.1 Å². The van der Waals surface area contributed by atoms with Crippen molar-refractivity contribution in [2.75, 3.05) is 0 Å². The molecule has 0 aromatic rings. The highest BCUT2D eigenvalue weighted by molar-refractivity contribution is 5.19. The van der Waals surface area contributed by atoms with Gasteiger partial charge in [0, 0.05) is 0 Å². The molecule has 0 N–H and O–H groups in total. The van der Waals surface area contributed by atoms with Gasteiger partial charge in [-0.05, 0) is 44.9 Å². The van der Waals surface area contributed by atoms with Crippen LogP contribution in [0.5, 0.6) is 0 Å². The average molecular weight is 178 g/mol. The van der Waals surface area contributed by atoms with E-state index in [9.17, 15) is 0 Å². The Morgan fingerprint density at radius 1 is 0.385 bits per heavy atom. The van der Waals surface area contributed by atoms with Crippen LogP contribution >= 0.6 is 0 Å². The van der Waals surface area contributed by atoms with E-state index in [-0.39, 0.29) is 0 Å². The van der Waals surface area contributed by atoms with E-state index in [0.717, 1.165) is 0 Å². The van der Waals surface area contributed by atoms with Crippen LogP contribution in [0.2, 0.25) is 0 Å². The third-order valence-electron chi connectivity index (χ3n) is 3.66. The van der Waals surface area contributed by atoms with E-state index in [1.807, 2.05) is 11.1 Å². The summed E-state index contributed by atoms with van der Waals surface area (Å²) in [5.74, 6) is 0. The van der Waals surface area contributed by atoms with Crippen molar-refractivity contribution < 1.29 is 0 Å². The van der Waals surface area contributed by atoms with Crippen molar-refractivity contribution in [2.24, 2.45) is 0 Å². The van der Waals surface area contributed by atoms with Crippen LogP contribution in [0.25, 0.3) is 0 Å². The fraction of sp³-hybridized carbons (Fsp3) is 0.846. The average Bonchev–Trinajstić information content (AvgIpc) is 2.59. The molecule has 0 saturated heterocycles. The van der Waals surface area contributed by atoms with Gasteiger partial charge in [0.1, 0.15) is 0 Å². The van der Waals surface area contributed by atoms with Crippen LogP contribution < -0.4 is 0 Å². The molecule has 0 unspecified atom stereocenters. The molecule has 0 spiro atoms. The minimum atomic E-state index is 1.44. The number of hydrogen-bond acceptors (Lipinski definition) is 0. The maximum Gasteiger partial charge on any atom is -0.0315 e. The van der Waals surface area contributed by atoms with Gasteiger partial charge in [-0.25, -0.2) is 0 Å². The van der Waals surface area contributed by atoms with Crippen molar-refractivity contribution in [3.8, 4) is 0 Å². The smallest absolute Gasteiger partial charge is 0.0315 e. The molecule has 0 radical (unpaired) electrons. The van der Waals surface area contributed by atoms with Gasteiger partial charge in [-0.2, -0.15) is 0 Å². The minimum Gasteiger partial charge on any atom is -0.0710 e. The standard InChI is InChI=1S/C13H22/c1-2-4-6-9-13-11-7-10-12(13)8-5-3-1/h1-11H2. The second-order valence-electron chi connectivity index (χ2n) is 4.68. The van der Waals surface area contributed by atoms with E-state index in [1.165, 1.54) is 70.6 Å². The summed E-state index contributed by atoms with van der Waals surface area (Å²) in [5.41, 5.74) is 3.73. The van der Waals surface area contributed by atoms with Gasteiger partial charge in [0.2, 0.25) is 0 Å². The molecular formula is C13H22. The summed E-state index contributed by atoms with van der Waals surface area (Å²) in [6.45, 7) is 0. The molecule has 13 heavy (non-hydrogen) atoms. The maximum atomic E-state index is 1.86. The zero-order valence-corrected chi connectivity index (χ0v) is 8.78. The van der Waals surface area contributed by atoms with Crippen LogP contribution in [0.15, 0.2) is 11.1 Å². The highest BCUT2D eigenvalue weighted by Gasteiger charge is 2.14. The molecule has 0 aromatic heterocycles. The lowest BCUT2D eigenvalue weighted by Gasteiger charge is -2.10. The first kappa shape index (κ1) is 9.30. The van der Waals surface area contributed by atoms with E-state index in [1.54, 1.807) is 0 Å². The molecule has 0 heterocycles. The number of hydrogen-bond donors (Lipinski definition) is 0. The van der Waals surface area contributed by atoms with Crippen molar-refractivity contribution >= 4 is 0 Å². The minimum absolute atomic E-state index is 1.44. The molecule has 74 valence electrons. The Bertz CT molecular complexity index is 168. The van der Waals surface area contributed by atoms with E-state index in [2.05, 4.69) is 0 Å². The Hall–Kier alpha value is -0.260. The van der Waals surface area contributed by atoms with Gasteiger partial charge >= 0.3 is 0 Å². The summed E-state index contributed by atoms with van der Waals surface area (Å²) in [7, 11) is 0. The molecule has 0 saturated carbocycles. The molecule has 0 nitrogen and oxygen atoms in total. The molecule has 0 amide bonds. The van der Waals surface area contributed by atoms with Crippen LogP contribution in [-0.4, -0.2) is 0 Å². The topological polar surface area (TPSA) is 0 Å². The summed E-state index contributed by atoms with van der Waals surface area (Å²) >= 11 is 0. The monoisotopic (exact) mass is 178 g/mol. The zero-order valence-electron chi connectivity index (χ0n) is 8.78. The van der Waals surface area contributed by atoms with E-state index in [0.29, 0.717) is 0 Å². The molecule has 0 heteroatoms. The fourth-order valence-electron chi connectivity index (χ4n) is 2.86. The molecule has 0 atom stereocenters. The first-order valence-corrected chi connectivity index (χ1v) is 6.16. The van der Waals surface area contributed by atoms with Gasteiger partial charge in [0.05, 0.1) is 0 Å². The largest absolute Gasteiger partial charge is 0.0710 e. The van der Waals surface area contributed by atoms with Crippen molar-refractivity contribution in [2.45, 2.75) is 70.6 Å². The molecule has 2 rings (SSSR count). The Labute approximate surface area is 82.4 Å². The number of allylic oxidation sites excluding steroid dienone is 2. The molecule has 2 aliphatic carbocycles. The van der Waals surface area contributed by atoms with E-state index in [4.69, 9.17) is 0 Å².